The van der Waals surface area contributed by atoms with Crippen LogP contribution in [0, 0.1) is 6.92 Å². The number of aromatic nitrogens is 1. The number of ether oxygens (including phenoxy) is 1. The lowest BCUT2D eigenvalue weighted by Crippen LogP contribution is -2.23. The third-order valence-electron chi connectivity index (χ3n) is 2.83. The molecule has 0 unspecified atom stereocenters. The number of nitrogens with zero attached hydrogens (tertiary/aromatic N) is 1. The fourth-order valence-corrected chi connectivity index (χ4v) is 2.39. The Labute approximate surface area is 126 Å². The molecule has 5 heteroatoms. The van der Waals surface area contributed by atoms with Gasteiger partial charge in [0.1, 0.15) is 0 Å². The van der Waals surface area contributed by atoms with Crippen molar-refractivity contribution in [2.24, 2.45) is 0 Å². The number of rotatable bonds is 4. The van der Waals surface area contributed by atoms with Crippen LogP contribution >= 0.6 is 15.9 Å². The van der Waals surface area contributed by atoms with Gasteiger partial charge in [0.05, 0.1) is 12.7 Å². The molecule has 0 aliphatic carbocycles. The normalized spacial score (nSPS) is 10.2. The van der Waals surface area contributed by atoms with Crippen LogP contribution in [0.3, 0.4) is 0 Å². The fraction of sp³-hybridized carbons (Fsp3) is 0.200. The van der Waals surface area contributed by atoms with Crippen LogP contribution in [0.15, 0.2) is 41.0 Å². The van der Waals surface area contributed by atoms with E-state index in [9.17, 15) is 4.79 Å². The molecule has 2 rings (SSSR count). The predicted molar refractivity (Wildman–Crippen MR) is 80.8 cm³/mol. The summed E-state index contributed by atoms with van der Waals surface area (Å²) in [5.41, 5.74) is 2.65. The summed E-state index contributed by atoms with van der Waals surface area (Å²) in [5.74, 6) is 0.439. The topological polar surface area (TPSA) is 51.2 Å². The second-order valence-electron chi connectivity index (χ2n) is 4.37. The molecule has 4 nitrogen and oxygen atoms in total. The second-order valence-corrected chi connectivity index (χ2v) is 5.23. The number of methoxy groups -OCH3 is 1. The molecule has 1 aromatic carbocycles. The summed E-state index contributed by atoms with van der Waals surface area (Å²) in [6.45, 7) is 2.41. The summed E-state index contributed by atoms with van der Waals surface area (Å²) in [6, 6.07) is 9.28. The van der Waals surface area contributed by atoms with E-state index in [0.29, 0.717) is 18.0 Å². The number of benzene rings is 1. The molecule has 0 saturated heterocycles. The Morgan fingerprint density at radius 2 is 2.15 bits per heavy atom. The number of halogens is 1. The second kappa shape index (κ2) is 6.52. The van der Waals surface area contributed by atoms with Crippen molar-refractivity contribution in [3.05, 3.63) is 57.7 Å². The average Bonchev–Trinajstić information content (AvgIpc) is 2.45. The van der Waals surface area contributed by atoms with Crippen LogP contribution in [0.25, 0.3) is 0 Å². The quantitative estimate of drug-likeness (QED) is 0.934. The average molecular weight is 335 g/mol. The maximum absolute atomic E-state index is 12.1. The van der Waals surface area contributed by atoms with Gasteiger partial charge >= 0.3 is 0 Å². The van der Waals surface area contributed by atoms with E-state index in [1.807, 2.05) is 25.1 Å². The minimum Gasteiger partial charge on any atom is -0.481 e. The van der Waals surface area contributed by atoms with Gasteiger partial charge in [-0.3, -0.25) is 4.79 Å². The highest BCUT2D eigenvalue weighted by Crippen LogP contribution is 2.18. The lowest BCUT2D eigenvalue weighted by Gasteiger charge is -2.08. The van der Waals surface area contributed by atoms with Gasteiger partial charge in [-0.2, -0.15) is 0 Å². The van der Waals surface area contributed by atoms with Gasteiger partial charge in [0.25, 0.3) is 5.91 Å². The van der Waals surface area contributed by atoms with E-state index in [0.717, 1.165) is 15.6 Å². The zero-order chi connectivity index (χ0) is 14.5. The van der Waals surface area contributed by atoms with Gasteiger partial charge in [-0.25, -0.2) is 4.98 Å². The van der Waals surface area contributed by atoms with E-state index in [2.05, 4.69) is 26.2 Å². The van der Waals surface area contributed by atoms with Crippen molar-refractivity contribution in [1.82, 2.24) is 10.3 Å². The number of amides is 1. The zero-order valence-electron chi connectivity index (χ0n) is 11.3. The molecule has 1 heterocycles. The number of carbonyl (C=O) groups excluding carboxylic acids is 1. The molecule has 0 fully saturated rings. The Morgan fingerprint density at radius 3 is 2.75 bits per heavy atom. The number of hydrogen-bond acceptors (Lipinski definition) is 3. The van der Waals surface area contributed by atoms with Crippen LogP contribution in [0.2, 0.25) is 0 Å². The summed E-state index contributed by atoms with van der Waals surface area (Å²) < 4.78 is 5.78. The first-order valence-corrected chi connectivity index (χ1v) is 6.92. The van der Waals surface area contributed by atoms with Crippen LogP contribution in [-0.2, 0) is 6.54 Å². The van der Waals surface area contributed by atoms with Crippen LogP contribution in [0.5, 0.6) is 5.88 Å². The van der Waals surface area contributed by atoms with Gasteiger partial charge < -0.3 is 10.1 Å². The van der Waals surface area contributed by atoms with E-state index in [-0.39, 0.29) is 5.91 Å². The Balaban J connectivity index is 2.00. The van der Waals surface area contributed by atoms with E-state index in [4.69, 9.17) is 4.74 Å². The maximum atomic E-state index is 12.1. The van der Waals surface area contributed by atoms with Crippen LogP contribution in [0.4, 0.5) is 0 Å². The fourth-order valence-electron chi connectivity index (χ4n) is 1.72. The van der Waals surface area contributed by atoms with Crippen molar-refractivity contribution in [3.8, 4) is 5.88 Å². The first kappa shape index (κ1) is 14.5. The molecule has 0 saturated carbocycles. The monoisotopic (exact) mass is 334 g/mol. The van der Waals surface area contributed by atoms with Crippen LogP contribution in [-0.4, -0.2) is 18.0 Å². The Kier molecular flexibility index (Phi) is 4.74. The molecule has 0 aliphatic rings. The Hall–Kier alpha value is -1.88. The highest BCUT2D eigenvalue weighted by Gasteiger charge is 2.09. The summed E-state index contributed by atoms with van der Waals surface area (Å²) in [7, 11) is 1.57. The van der Waals surface area contributed by atoms with Gasteiger partial charge in [0, 0.05) is 23.3 Å². The van der Waals surface area contributed by atoms with Crippen molar-refractivity contribution in [2.75, 3.05) is 7.11 Å². The number of hydrogen-bond donors (Lipinski definition) is 1. The minimum atomic E-state index is -0.118. The largest absolute Gasteiger partial charge is 0.481 e. The van der Waals surface area contributed by atoms with Gasteiger partial charge in [-0.15, -0.1) is 0 Å². The van der Waals surface area contributed by atoms with Gasteiger partial charge in [0.15, 0.2) is 0 Å². The third-order valence-corrected chi connectivity index (χ3v) is 3.49. The van der Waals surface area contributed by atoms with Gasteiger partial charge in [-0.1, -0.05) is 12.1 Å². The lowest BCUT2D eigenvalue weighted by atomic mass is 10.1. The number of carbonyl (C=O) groups is 1. The molecule has 1 N–H and O–H groups in total. The highest BCUT2D eigenvalue weighted by molar-refractivity contribution is 9.10. The van der Waals surface area contributed by atoms with E-state index in [1.54, 1.807) is 25.4 Å². The molecular weight excluding hydrogens is 320 g/mol. The standard InChI is InChI=1S/C15H15BrN2O2/c1-10-3-5-12(13(16)7-10)15(19)18-9-11-4-6-14(20-2)17-8-11/h3-8H,9H2,1-2H3,(H,18,19). The van der Waals surface area contributed by atoms with Crippen molar-refractivity contribution < 1.29 is 9.53 Å². The predicted octanol–water partition coefficient (Wildman–Crippen LogP) is 3.09. The number of pyridine rings is 1. The number of aryl methyl sites for hydroxylation is 1. The summed E-state index contributed by atoms with van der Waals surface area (Å²) in [4.78, 5) is 16.2. The first-order valence-electron chi connectivity index (χ1n) is 6.13. The molecule has 1 amide bonds. The third kappa shape index (κ3) is 3.57. The molecule has 2 aromatic rings. The van der Waals surface area contributed by atoms with Gasteiger partial charge in [-0.05, 0) is 46.1 Å². The van der Waals surface area contributed by atoms with Crippen molar-refractivity contribution in [3.63, 3.8) is 0 Å². The molecule has 0 aliphatic heterocycles. The highest BCUT2D eigenvalue weighted by atomic mass is 79.9. The smallest absolute Gasteiger partial charge is 0.252 e. The molecule has 0 radical (unpaired) electrons. The van der Waals surface area contributed by atoms with Crippen molar-refractivity contribution in [2.45, 2.75) is 13.5 Å². The molecule has 0 bridgehead atoms. The molecule has 0 atom stereocenters. The molecule has 0 spiro atoms. The van der Waals surface area contributed by atoms with E-state index in [1.165, 1.54) is 0 Å². The zero-order valence-corrected chi connectivity index (χ0v) is 12.9. The first-order chi connectivity index (χ1) is 9.60. The Bertz CT molecular complexity index is 612. The Morgan fingerprint density at radius 1 is 1.35 bits per heavy atom. The molecule has 20 heavy (non-hydrogen) atoms. The number of nitrogens with one attached hydrogen (secondary N) is 1. The van der Waals surface area contributed by atoms with E-state index < -0.39 is 0 Å². The maximum Gasteiger partial charge on any atom is 0.252 e. The summed E-state index contributed by atoms with van der Waals surface area (Å²) >= 11 is 3.40. The van der Waals surface area contributed by atoms with E-state index >= 15 is 0 Å². The van der Waals surface area contributed by atoms with Crippen LogP contribution < -0.4 is 10.1 Å². The van der Waals surface area contributed by atoms with Crippen LogP contribution in [0.1, 0.15) is 21.5 Å². The lowest BCUT2D eigenvalue weighted by molar-refractivity contribution is 0.0950. The minimum absolute atomic E-state index is 0.118. The summed E-state index contributed by atoms with van der Waals surface area (Å²) in [6.07, 6.45) is 1.68. The molecule has 104 valence electrons. The van der Waals surface area contributed by atoms with Crippen molar-refractivity contribution >= 4 is 21.8 Å². The SMILES string of the molecule is COc1ccc(CNC(=O)c2ccc(C)cc2Br)cn1. The van der Waals surface area contributed by atoms with Crippen molar-refractivity contribution in [1.29, 1.82) is 0 Å². The molecular formula is C15H15BrN2O2. The summed E-state index contributed by atoms with van der Waals surface area (Å²) in [5, 5.41) is 2.86. The molecule has 1 aromatic heterocycles. The van der Waals surface area contributed by atoms with Gasteiger partial charge in [0.2, 0.25) is 5.88 Å².